The van der Waals surface area contributed by atoms with E-state index in [1.165, 1.54) is 0 Å². The van der Waals surface area contributed by atoms with Crippen LogP contribution in [-0.2, 0) is 10.2 Å². The maximum Gasteiger partial charge on any atom is 0.402 e. The lowest BCUT2D eigenvalue weighted by Crippen LogP contribution is -2.44. The highest BCUT2D eigenvalue weighted by Crippen LogP contribution is 2.44. The van der Waals surface area contributed by atoms with Crippen LogP contribution in [0.3, 0.4) is 0 Å². The minimum atomic E-state index is -4.59. The number of fused-ring (bicyclic) bond motifs is 1. The first-order chi connectivity index (χ1) is 11.2. The average molecular weight is 354 g/mol. The number of hydrogen-bond acceptors (Lipinski definition) is 2. The number of hydrogen-bond donors (Lipinski definition) is 1. The topological polar surface area (TPSA) is 49.4 Å². The van der Waals surface area contributed by atoms with E-state index in [9.17, 15) is 21.6 Å². The number of benzene rings is 1. The fourth-order valence-corrected chi connectivity index (χ4v) is 4.94. The second-order valence-corrected chi connectivity index (χ2v) is 7.73. The normalized spacial score (nSPS) is 23.8. The molecule has 8 heteroatoms. The van der Waals surface area contributed by atoms with Gasteiger partial charge in [-0.15, -0.1) is 0 Å². The molecule has 1 spiro atoms. The third kappa shape index (κ3) is 2.33. The molecule has 1 N–H and O–H groups in total. The number of rotatable bonds is 1. The van der Waals surface area contributed by atoms with Crippen molar-refractivity contribution < 1.29 is 21.6 Å². The van der Waals surface area contributed by atoms with E-state index in [1.807, 2.05) is 36.4 Å². The summed E-state index contributed by atoms with van der Waals surface area (Å²) in [6.07, 6.45) is 2.55. The van der Waals surface area contributed by atoms with Gasteiger partial charge in [0.05, 0.1) is 5.54 Å². The van der Waals surface area contributed by atoms with E-state index < -0.39 is 28.5 Å². The molecule has 126 valence electrons. The minimum Gasteiger partial charge on any atom is -0.195 e. The van der Waals surface area contributed by atoms with Crippen molar-refractivity contribution in [2.75, 3.05) is 13.1 Å². The average Bonchev–Trinajstić information content (AvgIpc) is 2.83. The summed E-state index contributed by atoms with van der Waals surface area (Å²) in [6, 6.07) is 7.49. The van der Waals surface area contributed by atoms with Crippen molar-refractivity contribution in [3.63, 3.8) is 0 Å². The molecule has 1 fully saturated rings. The summed E-state index contributed by atoms with van der Waals surface area (Å²) in [4.78, 5) is 0. The molecule has 0 amide bonds. The van der Waals surface area contributed by atoms with Gasteiger partial charge in [0.25, 0.3) is 10.2 Å². The second kappa shape index (κ2) is 4.81. The van der Waals surface area contributed by atoms with Gasteiger partial charge in [-0.1, -0.05) is 36.4 Å². The first kappa shape index (κ1) is 15.6. The molecule has 3 aliphatic rings. The summed E-state index contributed by atoms with van der Waals surface area (Å²) in [5.41, 5.74) is 1.93. The Hall–Kier alpha value is -1.90. The van der Waals surface area contributed by atoms with Crippen LogP contribution in [0.2, 0.25) is 0 Å². The molecule has 4 nitrogen and oxygen atoms in total. The maximum absolute atomic E-state index is 12.7. The first-order valence-electron chi connectivity index (χ1n) is 7.27. The number of nitrogens with one attached hydrogen (secondary N) is 1. The van der Waals surface area contributed by atoms with Crippen molar-refractivity contribution in [3.05, 3.63) is 58.7 Å². The van der Waals surface area contributed by atoms with Gasteiger partial charge in [-0.3, -0.25) is 0 Å². The fraction of sp³-hybridized carbons (Fsp3) is 0.250. The lowest BCUT2D eigenvalue weighted by atomic mass is 9.88. The maximum atomic E-state index is 12.7. The molecule has 0 aromatic heterocycles. The van der Waals surface area contributed by atoms with Crippen LogP contribution in [-0.4, -0.2) is 37.5 Å². The van der Waals surface area contributed by atoms with Crippen molar-refractivity contribution in [3.8, 4) is 0 Å². The van der Waals surface area contributed by atoms with E-state index in [0.717, 1.165) is 11.1 Å². The third-order valence-electron chi connectivity index (χ3n) is 4.46. The smallest absolute Gasteiger partial charge is 0.195 e. The van der Waals surface area contributed by atoms with Gasteiger partial charge in [-0.2, -0.15) is 30.6 Å². The van der Waals surface area contributed by atoms with Gasteiger partial charge in [0.2, 0.25) is 0 Å². The van der Waals surface area contributed by atoms with Crippen LogP contribution < -0.4 is 4.72 Å². The summed E-state index contributed by atoms with van der Waals surface area (Å²) in [5, 5.41) is 0. The molecule has 0 radical (unpaired) electrons. The standard InChI is InChI=1S/C16H13F3N2O2S/c17-16(18,19)10-21-9-15(20-24(21,22)23)13-5-6-14(15)8-12-4-2-1-3-11(12)7-13/h1-8,20H,9-10H2. The predicted molar refractivity (Wildman–Crippen MR) is 84.0 cm³/mol. The lowest BCUT2D eigenvalue weighted by Gasteiger charge is -2.25. The highest BCUT2D eigenvalue weighted by Gasteiger charge is 2.54. The Morgan fingerprint density at radius 3 is 2.12 bits per heavy atom. The zero-order valence-electron chi connectivity index (χ0n) is 12.3. The van der Waals surface area contributed by atoms with Crippen molar-refractivity contribution in [2.45, 2.75) is 11.7 Å². The molecule has 1 heterocycles. The molecule has 2 bridgehead atoms. The van der Waals surface area contributed by atoms with Gasteiger partial charge < -0.3 is 0 Å². The molecule has 24 heavy (non-hydrogen) atoms. The van der Waals surface area contributed by atoms with E-state index >= 15 is 0 Å². The van der Waals surface area contributed by atoms with Crippen molar-refractivity contribution in [2.24, 2.45) is 0 Å². The van der Waals surface area contributed by atoms with E-state index in [0.29, 0.717) is 15.5 Å². The van der Waals surface area contributed by atoms with Gasteiger partial charge in [0, 0.05) is 6.54 Å². The van der Waals surface area contributed by atoms with Crippen LogP contribution in [0.4, 0.5) is 13.2 Å². The van der Waals surface area contributed by atoms with E-state index in [4.69, 9.17) is 0 Å². The molecule has 2 aliphatic carbocycles. The van der Waals surface area contributed by atoms with Gasteiger partial charge in [0.15, 0.2) is 0 Å². The monoisotopic (exact) mass is 354 g/mol. The second-order valence-electron chi connectivity index (χ2n) is 6.06. The highest BCUT2D eigenvalue weighted by atomic mass is 32.2. The predicted octanol–water partition coefficient (Wildman–Crippen LogP) is 2.49. The van der Waals surface area contributed by atoms with Crippen LogP contribution in [0, 0.1) is 0 Å². The van der Waals surface area contributed by atoms with E-state index in [1.54, 1.807) is 12.2 Å². The molecule has 1 saturated heterocycles. The molecule has 0 saturated carbocycles. The molecule has 1 aromatic rings. The largest absolute Gasteiger partial charge is 0.402 e. The first-order valence-corrected chi connectivity index (χ1v) is 8.71. The fourth-order valence-electron chi connectivity index (χ4n) is 3.39. The summed E-state index contributed by atoms with van der Waals surface area (Å²) in [5.74, 6) is 0. The van der Waals surface area contributed by atoms with Crippen LogP contribution in [0.1, 0.15) is 11.1 Å². The Balaban J connectivity index is 1.81. The Morgan fingerprint density at radius 2 is 1.62 bits per heavy atom. The zero-order valence-corrected chi connectivity index (χ0v) is 13.2. The highest BCUT2D eigenvalue weighted by molar-refractivity contribution is 7.87. The quantitative estimate of drug-likeness (QED) is 0.842. The SMILES string of the molecule is O=S1(=O)NC2(CN1CC(F)(F)F)C1=Cc3ccccc3C=C2C=C1. The summed E-state index contributed by atoms with van der Waals surface area (Å²) >= 11 is 0. The lowest BCUT2D eigenvalue weighted by molar-refractivity contribution is -0.135. The Bertz CT molecular complexity index is 870. The van der Waals surface area contributed by atoms with Gasteiger partial charge >= 0.3 is 6.18 Å². The van der Waals surface area contributed by atoms with Crippen LogP contribution in [0.5, 0.6) is 0 Å². The van der Waals surface area contributed by atoms with Crippen molar-refractivity contribution in [1.82, 2.24) is 9.03 Å². The Labute approximate surface area is 137 Å². The van der Waals surface area contributed by atoms with Crippen LogP contribution in [0.15, 0.2) is 47.6 Å². The van der Waals surface area contributed by atoms with Crippen molar-refractivity contribution >= 4 is 22.4 Å². The van der Waals surface area contributed by atoms with Gasteiger partial charge in [0.1, 0.15) is 6.54 Å². The van der Waals surface area contributed by atoms with Gasteiger partial charge in [-0.05, 0) is 34.4 Å². The molecule has 0 unspecified atom stereocenters. The summed E-state index contributed by atoms with van der Waals surface area (Å²) in [6.45, 7) is -1.79. The molecule has 1 aliphatic heterocycles. The zero-order chi connectivity index (χ0) is 17.2. The molecule has 0 atom stereocenters. The Kier molecular flexibility index (Phi) is 3.13. The number of nitrogens with zero attached hydrogens (tertiary/aromatic N) is 1. The van der Waals surface area contributed by atoms with E-state index in [2.05, 4.69) is 4.72 Å². The third-order valence-corrected chi connectivity index (χ3v) is 6.00. The Morgan fingerprint density at radius 1 is 1.08 bits per heavy atom. The van der Waals surface area contributed by atoms with Gasteiger partial charge in [-0.25, -0.2) is 0 Å². The van der Waals surface area contributed by atoms with Crippen molar-refractivity contribution in [1.29, 1.82) is 0 Å². The summed E-state index contributed by atoms with van der Waals surface area (Å²) < 4.78 is 65.6. The van der Waals surface area contributed by atoms with Crippen LogP contribution >= 0.6 is 0 Å². The molecule has 1 aromatic carbocycles. The molecular weight excluding hydrogens is 341 g/mol. The number of alkyl halides is 3. The van der Waals surface area contributed by atoms with E-state index in [-0.39, 0.29) is 6.54 Å². The minimum absolute atomic E-state index is 0.284. The molecule has 4 rings (SSSR count). The number of halogens is 3. The van der Waals surface area contributed by atoms with Crippen LogP contribution in [0.25, 0.3) is 12.2 Å². The molecular formula is C16H13F3N2O2S. The summed E-state index contributed by atoms with van der Waals surface area (Å²) in [7, 11) is -4.22.